The maximum atomic E-state index is 6.10. The highest BCUT2D eigenvalue weighted by Gasteiger charge is 2.58. The van der Waals surface area contributed by atoms with Crippen molar-refractivity contribution in [2.45, 2.75) is 76.0 Å². The molecule has 5 aliphatic carbocycles. The molecule has 216 valence electrons. The smallest absolute Gasteiger partial charge is 0.135 e. The second kappa shape index (κ2) is 9.55. The van der Waals surface area contributed by atoms with E-state index < -0.39 is 0 Å². The summed E-state index contributed by atoms with van der Waals surface area (Å²) in [5, 5.41) is 2.33. The van der Waals surface area contributed by atoms with Crippen molar-refractivity contribution in [2.75, 3.05) is 0 Å². The lowest BCUT2D eigenvalue weighted by molar-refractivity contribution is -0.101. The van der Waals surface area contributed by atoms with Crippen LogP contribution in [0.4, 0.5) is 0 Å². The summed E-state index contributed by atoms with van der Waals surface area (Å²) >= 11 is 0. The first-order valence-corrected chi connectivity index (χ1v) is 17.3. The fourth-order valence-corrected chi connectivity index (χ4v) is 11.6. The number of nitrogens with zero attached hydrogens (tertiary/aromatic N) is 1. The van der Waals surface area contributed by atoms with Gasteiger partial charge in [0.1, 0.15) is 11.2 Å². The normalized spacial score (nSPS) is 32.7. The predicted molar refractivity (Wildman–Crippen MR) is 175 cm³/mol. The standard InChI is InChI=1S/C41H41NO/c1-2-9-27-26(8-1)30-11-5-13-32-28-20-18-24(22-34(28)33-14-6-12-31(27)41(33)40(30)32)36-15-7-16-37(42-36)25-19-21-39-35(23-25)29-10-3-4-17-38(29)43-39/h3-4,7,10,15-23,26-27,30-33,40-41H,1-2,5-6,8-9,11-14H2. The summed E-state index contributed by atoms with van der Waals surface area (Å²) in [5.74, 6) is 7.49. The summed E-state index contributed by atoms with van der Waals surface area (Å²) in [6.45, 7) is 0. The molecule has 10 rings (SSSR count). The van der Waals surface area contributed by atoms with Crippen LogP contribution in [0.1, 0.15) is 87.2 Å². The lowest BCUT2D eigenvalue weighted by Crippen LogP contribution is -2.55. The third kappa shape index (κ3) is 3.68. The van der Waals surface area contributed by atoms with Crippen molar-refractivity contribution in [1.29, 1.82) is 0 Å². The highest BCUT2D eigenvalue weighted by atomic mass is 16.3. The Morgan fingerprint density at radius 2 is 1.12 bits per heavy atom. The van der Waals surface area contributed by atoms with E-state index in [0.717, 1.165) is 80.8 Å². The molecule has 4 fully saturated rings. The molecule has 8 atom stereocenters. The Labute approximate surface area is 254 Å². The Kier molecular flexibility index (Phi) is 5.55. The second-order valence-electron chi connectivity index (χ2n) is 14.7. The second-order valence-corrected chi connectivity index (χ2v) is 14.7. The van der Waals surface area contributed by atoms with Crippen LogP contribution in [0.2, 0.25) is 0 Å². The zero-order valence-corrected chi connectivity index (χ0v) is 25.1. The molecule has 4 saturated carbocycles. The molecule has 0 aliphatic heterocycles. The van der Waals surface area contributed by atoms with Crippen LogP contribution in [-0.4, -0.2) is 4.98 Å². The van der Waals surface area contributed by atoms with Gasteiger partial charge in [-0.2, -0.15) is 0 Å². The zero-order chi connectivity index (χ0) is 28.1. The van der Waals surface area contributed by atoms with Gasteiger partial charge in [0.25, 0.3) is 0 Å². The van der Waals surface area contributed by atoms with Crippen molar-refractivity contribution in [3.63, 3.8) is 0 Å². The summed E-state index contributed by atoms with van der Waals surface area (Å²) in [4.78, 5) is 5.28. The predicted octanol–water partition coefficient (Wildman–Crippen LogP) is 11.1. The van der Waals surface area contributed by atoms with Crippen LogP contribution >= 0.6 is 0 Å². The van der Waals surface area contributed by atoms with Crippen LogP contribution in [0.15, 0.2) is 83.3 Å². The number of benzene rings is 3. The van der Waals surface area contributed by atoms with Crippen molar-refractivity contribution in [3.05, 3.63) is 90.0 Å². The lowest BCUT2D eigenvalue weighted by atomic mass is 9.41. The van der Waals surface area contributed by atoms with Crippen LogP contribution in [0, 0.1) is 35.5 Å². The first-order valence-electron chi connectivity index (χ1n) is 17.3. The average molecular weight is 564 g/mol. The number of hydrogen-bond donors (Lipinski definition) is 0. The number of rotatable bonds is 2. The van der Waals surface area contributed by atoms with Gasteiger partial charge < -0.3 is 4.42 Å². The van der Waals surface area contributed by atoms with E-state index in [1.807, 2.05) is 6.07 Å². The Balaban J connectivity index is 1.05. The van der Waals surface area contributed by atoms with Crippen LogP contribution in [0.25, 0.3) is 44.5 Å². The molecule has 5 aliphatic rings. The monoisotopic (exact) mass is 563 g/mol. The molecule has 2 heteroatoms. The first-order chi connectivity index (χ1) is 21.3. The molecular formula is C41H41NO. The fourth-order valence-electron chi connectivity index (χ4n) is 11.6. The molecule has 3 aromatic carbocycles. The maximum absolute atomic E-state index is 6.10. The van der Waals surface area contributed by atoms with Gasteiger partial charge >= 0.3 is 0 Å². The van der Waals surface area contributed by atoms with E-state index in [4.69, 9.17) is 9.40 Å². The van der Waals surface area contributed by atoms with Crippen molar-refractivity contribution in [2.24, 2.45) is 35.5 Å². The molecule has 8 unspecified atom stereocenters. The van der Waals surface area contributed by atoms with Gasteiger partial charge in [-0.15, -0.1) is 0 Å². The van der Waals surface area contributed by atoms with Gasteiger partial charge in [0, 0.05) is 21.9 Å². The molecule has 2 aromatic heterocycles. The summed E-state index contributed by atoms with van der Waals surface area (Å²) < 4.78 is 6.10. The van der Waals surface area contributed by atoms with E-state index in [1.165, 1.54) is 75.2 Å². The van der Waals surface area contributed by atoms with E-state index in [9.17, 15) is 0 Å². The average Bonchev–Trinajstić information content (AvgIpc) is 3.46. The quantitative estimate of drug-likeness (QED) is 0.213. The number of hydrogen-bond acceptors (Lipinski definition) is 2. The molecule has 0 amide bonds. The topological polar surface area (TPSA) is 26.0 Å². The lowest BCUT2D eigenvalue weighted by Gasteiger charge is -2.63. The minimum Gasteiger partial charge on any atom is -0.456 e. The summed E-state index contributed by atoms with van der Waals surface area (Å²) in [6.07, 6.45) is 14.8. The Hall–Kier alpha value is -3.39. The molecule has 2 heterocycles. The molecule has 0 N–H and O–H groups in total. The molecular weight excluding hydrogens is 522 g/mol. The summed E-state index contributed by atoms with van der Waals surface area (Å²) in [7, 11) is 0. The van der Waals surface area contributed by atoms with Gasteiger partial charge in [-0.3, -0.25) is 0 Å². The largest absolute Gasteiger partial charge is 0.456 e. The molecule has 5 aromatic rings. The van der Waals surface area contributed by atoms with Crippen molar-refractivity contribution >= 4 is 21.9 Å². The highest BCUT2D eigenvalue weighted by molar-refractivity contribution is 6.06. The van der Waals surface area contributed by atoms with Gasteiger partial charge in [0.2, 0.25) is 0 Å². The van der Waals surface area contributed by atoms with E-state index in [2.05, 4.69) is 72.8 Å². The van der Waals surface area contributed by atoms with Gasteiger partial charge in [0.15, 0.2) is 0 Å². The number of para-hydroxylation sites is 1. The number of furan rings is 1. The number of aromatic nitrogens is 1. The van der Waals surface area contributed by atoms with Crippen LogP contribution < -0.4 is 0 Å². The Bertz CT molecular complexity index is 1860. The summed E-state index contributed by atoms with van der Waals surface area (Å²) in [5.41, 5.74) is 9.90. The van der Waals surface area contributed by atoms with E-state index in [-0.39, 0.29) is 0 Å². The van der Waals surface area contributed by atoms with Crippen LogP contribution in [0.5, 0.6) is 0 Å². The van der Waals surface area contributed by atoms with Gasteiger partial charge in [0.05, 0.1) is 11.4 Å². The number of pyridine rings is 1. The van der Waals surface area contributed by atoms with E-state index in [0.29, 0.717) is 0 Å². The van der Waals surface area contributed by atoms with Gasteiger partial charge in [-0.25, -0.2) is 4.98 Å². The first kappa shape index (κ1) is 25.0. The Morgan fingerprint density at radius 3 is 1.88 bits per heavy atom. The molecule has 0 spiro atoms. The Morgan fingerprint density at radius 1 is 0.488 bits per heavy atom. The molecule has 0 saturated heterocycles. The highest BCUT2D eigenvalue weighted by Crippen LogP contribution is 2.68. The van der Waals surface area contributed by atoms with Crippen LogP contribution in [-0.2, 0) is 0 Å². The summed E-state index contributed by atoms with van der Waals surface area (Å²) in [6, 6.07) is 29.0. The molecule has 0 bridgehead atoms. The SMILES string of the molecule is c1cc(-c2ccc3c(c2)C2CCCC4C5CCCCC5C5CCCC3C5C24)nc(-c2ccc3oc4ccccc4c3c2)c1. The molecule has 2 nitrogen and oxygen atoms in total. The zero-order valence-electron chi connectivity index (χ0n) is 25.1. The number of fused-ring (bicyclic) bond motifs is 9. The fraction of sp³-hybridized carbons (Fsp3) is 0.439. The maximum Gasteiger partial charge on any atom is 0.135 e. The van der Waals surface area contributed by atoms with Crippen molar-refractivity contribution < 1.29 is 4.42 Å². The molecule has 43 heavy (non-hydrogen) atoms. The minimum absolute atomic E-state index is 0.762. The molecule has 0 radical (unpaired) electrons. The third-order valence-electron chi connectivity index (χ3n) is 13.0. The van der Waals surface area contributed by atoms with Gasteiger partial charge in [-0.1, -0.05) is 62.1 Å². The van der Waals surface area contributed by atoms with E-state index in [1.54, 1.807) is 11.1 Å². The minimum atomic E-state index is 0.762. The van der Waals surface area contributed by atoms with Gasteiger partial charge in [-0.05, 0) is 139 Å². The van der Waals surface area contributed by atoms with E-state index >= 15 is 0 Å². The van der Waals surface area contributed by atoms with Crippen molar-refractivity contribution in [1.82, 2.24) is 4.98 Å². The third-order valence-corrected chi connectivity index (χ3v) is 13.0. The van der Waals surface area contributed by atoms with Crippen molar-refractivity contribution in [3.8, 4) is 22.5 Å². The van der Waals surface area contributed by atoms with Crippen LogP contribution in [0.3, 0.4) is 0 Å².